The summed E-state index contributed by atoms with van der Waals surface area (Å²) in [6, 6.07) is 0. The zero-order valence-electron chi connectivity index (χ0n) is 11.4. The van der Waals surface area contributed by atoms with E-state index in [0.717, 1.165) is 31.3 Å². The summed E-state index contributed by atoms with van der Waals surface area (Å²) in [5, 5.41) is 10.4. The van der Waals surface area contributed by atoms with E-state index in [0.29, 0.717) is 11.8 Å². The molecule has 1 aliphatic heterocycles. The zero-order chi connectivity index (χ0) is 13.1. The molecule has 3 heteroatoms. The molecule has 5 atom stereocenters. The number of fused-ring (bicyclic) bond motifs is 2. The van der Waals surface area contributed by atoms with Gasteiger partial charge in [0, 0.05) is 11.0 Å². The van der Waals surface area contributed by atoms with Crippen LogP contribution in [0.1, 0.15) is 46.5 Å². The lowest BCUT2D eigenvalue weighted by atomic mass is 9.54. The zero-order valence-corrected chi connectivity index (χ0v) is 11.4. The summed E-state index contributed by atoms with van der Waals surface area (Å²) in [5.41, 5.74) is 1.93. The average Bonchev–Trinajstić information content (AvgIpc) is 2.58. The molecule has 3 rings (SSSR count). The molecule has 1 heterocycles. The van der Waals surface area contributed by atoms with Gasteiger partial charge in [0.25, 0.3) is 0 Å². The smallest absolute Gasteiger partial charge is 0.334 e. The molecule has 100 valence electrons. The number of carbonyl (C=O) groups is 1. The lowest BCUT2D eigenvalue weighted by Crippen LogP contribution is -2.51. The first kappa shape index (κ1) is 12.2. The van der Waals surface area contributed by atoms with Gasteiger partial charge in [-0.1, -0.05) is 13.8 Å². The van der Waals surface area contributed by atoms with Crippen LogP contribution in [0, 0.1) is 17.3 Å². The van der Waals surface area contributed by atoms with Crippen molar-refractivity contribution in [2.45, 2.75) is 58.7 Å². The quantitative estimate of drug-likeness (QED) is 0.672. The van der Waals surface area contributed by atoms with Crippen LogP contribution in [0.5, 0.6) is 0 Å². The van der Waals surface area contributed by atoms with Gasteiger partial charge in [0.15, 0.2) is 0 Å². The Labute approximate surface area is 108 Å². The lowest BCUT2D eigenvalue weighted by molar-refractivity contribution is -0.147. The van der Waals surface area contributed by atoms with Crippen LogP contribution in [-0.4, -0.2) is 23.3 Å². The van der Waals surface area contributed by atoms with E-state index in [1.807, 2.05) is 6.92 Å². The Bertz CT molecular complexity index is 425. The van der Waals surface area contributed by atoms with Crippen molar-refractivity contribution in [3.63, 3.8) is 0 Å². The summed E-state index contributed by atoms with van der Waals surface area (Å²) in [6.45, 7) is 6.34. The summed E-state index contributed by atoms with van der Waals surface area (Å²) in [4.78, 5) is 11.7. The molecule has 0 aromatic heterocycles. The number of carbonyl (C=O) groups excluding carboxylic acids is 1. The van der Waals surface area contributed by atoms with Crippen molar-refractivity contribution in [3.05, 3.63) is 11.1 Å². The van der Waals surface area contributed by atoms with Crippen molar-refractivity contribution in [2.24, 2.45) is 17.3 Å². The maximum absolute atomic E-state index is 11.7. The third-order valence-electron chi connectivity index (χ3n) is 5.68. The molecule has 0 bridgehead atoms. The second-order valence-corrected chi connectivity index (χ2v) is 6.64. The number of ether oxygens (including phenoxy) is 1. The number of rotatable bonds is 0. The van der Waals surface area contributed by atoms with Crippen LogP contribution in [0.25, 0.3) is 0 Å². The topological polar surface area (TPSA) is 46.5 Å². The Balaban J connectivity index is 1.97. The maximum atomic E-state index is 11.7. The Morgan fingerprint density at radius 3 is 2.83 bits per heavy atom. The first-order chi connectivity index (χ1) is 8.43. The van der Waals surface area contributed by atoms with E-state index in [2.05, 4.69) is 13.8 Å². The van der Waals surface area contributed by atoms with Gasteiger partial charge < -0.3 is 9.84 Å². The minimum atomic E-state index is -0.250. The molecule has 0 aromatic rings. The van der Waals surface area contributed by atoms with Gasteiger partial charge in [0.2, 0.25) is 0 Å². The standard InChI is InChI=1S/C15H22O3/c1-8-4-5-13(16)15(3)7-12-10(6-11(8)15)9(2)14(17)18-12/h8,11-13,16H,4-7H2,1-3H3/t8-,11+,12+,13-,15-/m1/s1. The van der Waals surface area contributed by atoms with Gasteiger partial charge in [-0.2, -0.15) is 0 Å². The Morgan fingerprint density at radius 1 is 1.39 bits per heavy atom. The highest BCUT2D eigenvalue weighted by Gasteiger charge is 2.53. The van der Waals surface area contributed by atoms with E-state index in [9.17, 15) is 9.90 Å². The largest absolute Gasteiger partial charge is 0.454 e. The summed E-state index contributed by atoms with van der Waals surface area (Å²) >= 11 is 0. The predicted octanol–water partition coefficient (Wildman–Crippen LogP) is 2.44. The lowest BCUT2D eigenvalue weighted by Gasteiger charge is -2.52. The van der Waals surface area contributed by atoms with Gasteiger partial charge >= 0.3 is 5.97 Å². The molecule has 1 N–H and O–H groups in total. The van der Waals surface area contributed by atoms with E-state index < -0.39 is 0 Å². The third-order valence-corrected chi connectivity index (χ3v) is 5.68. The SMILES string of the molecule is CC1=C2C[C@H]3[C@H](C)CC[C@@H](O)[C@]3(C)C[C@@H]2OC1=O. The molecular formula is C15H22O3. The molecule has 0 spiro atoms. The van der Waals surface area contributed by atoms with Crippen LogP contribution in [-0.2, 0) is 9.53 Å². The van der Waals surface area contributed by atoms with Gasteiger partial charge in [-0.3, -0.25) is 0 Å². The van der Waals surface area contributed by atoms with Gasteiger partial charge in [0.1, 0.15) is 6.10 Å². The van der Waals surface area contributed by atoms with E-state index in [-0.39, 0.29) is 23.6 Å². The van der Waals surface area contributed by atoms with Crippen LogP contribution in [0.3, 0.4) is 0 Å². The summed E-state index contributed by atoms with van der Waals surface area (Å²) < 4.78 is 5.45. The number of aliphatic hydroxyl groups excluding tert-OH is 1. The second kappa shape index (κ2) is 3.83. The van der Waals surface area contributed by atoms with E-state index in [1.54, 1.807) is 0 Å². The van der Waals surface area contributed by atoms with Crippen molar-refractivity contribution < 1.29 is 14.6 Å². The molecular weight excluding hydrogens is 228 g/mol. The highest BCUT2D eigenvalue weighted by molar-refractivity contribution is 5.91. The molecule has 0 radical (unpaired) electrons. The summed E-state index contributed by atoms with van der Waals surface area (Å²) in [5.74, 6) is 0.951. The fourth-order valence-electron chi connectivity index (χ4n) is 4.32. The van der Waals surface area contributed by atoms with Crippen molar-refractivity contribution in [1.29, 1.82) is 0 Å². The highest BCUT2D eigenvalue weighted by atomic mass is 16.5. The molecule has 18 heavy (non-hydrogen) atoms. The normalized spacial score (nSPS) is 47.7. The average molecular weight is 250 g/mol. The van der Waals surface area contributed by atoms with Crippen molar-refractivity contribution >= 4 is 5.97 Å². The predicted molar refractivity (Wildman–Crippen MR) is 67.8 cm³/mol. The molecule has 3 aliphatic rings. The maximum Gasteiger partial charge on any atom is 0.334 e. The summed E-state index contributed by atoms with van der Waals surface area (Å²) in [6.07, 6.45) is 3.37. The number of aliphatic hydroxyl groups is 1. The van der Waals surface area contributed by atoms with Crippen molar-refractivity contribution in [1.82, 2.24) is 0 Å². The number of hydrogen-bond acceptors (Lipinski definition) is 3. The molecule has 3 nitrogen and oxygen atoms in total. The van der Waals surface area contributed by atoms with Gasteiger partial charge in [-0.25, -0.2) is 4.79 Å². The fraction of sp³-hybridized carbons (Fsp3) is 0.800. The van der Waals surface area contributed by atoms with Crippen molar-refractivity contribution in [3.8, 4) is 0 Å². The Hall–Kier alpha value is -0.830. The molecule has 0 aromatic carbocycles. The van der Waals surface area contributed by atoms with E-state index >= 15 is 0 Å². The number of hydrogen-bond donors (Lipinski definition) is 1. The van der Waals surface area contributed by atoms with Gasteiger partial charge in [-0.05, 0) is 50.0 Å². The molecule has 0 amide bonds. The van der Waals surface area contributed by atoms with E-state index in [1.165, 1.54) is 5.57 Å². The molecule has 0 saturated heterocycles. The van der Waals surface area contributed by atoms with Gasteiger partial charge in [0.05, 0.1) is 6.10 Å². The van der Waals surface area contributed by atoms with Crippen LogP contribution in [0.2, 0.25) is 0 Å². The minimum absolute atomic E-state index is 0.0706. The third kappa shape index (κ3) is 1.49. The van der Waals surface area contributed by atoms with Crippen LogP contribution in [0.15, 0.2) is 11.1 Å². The molecule has 2 fully saturated rings. The Morgan fingerprint density at radius 2 is 2.11 bits per heavy atom. The summed E-state index contributed by atoms with van der Waals surface area (Å²) in [7, 11) is 0. The second-order valence-electron chi connectivity index (χ2n) is 6.64. The molecule has 2 saturated carbocycles. The Kier molecular flexibility index (Phi) is 2.60. The first-order valence-corrected chi connectivity index (χ1v) is 7.02. The monoisotopic (exact) mass is 250 g/mol. The van der Waals surface area contributed by atoms with Crippen LogP contribution < -0.4 is 0 Å². The fourth-order valence-corrected chi connectivity index (χ4v) is 4.32. The van der Waals surface area contributed by atoms with Gasteiger partial charge in [-0.15, -0.1) is 0 Å². The first-order valence-electron chi connectivity index (χ1n) is 7.02. The van der Waals surface area contributed by atoms with Crippen molar-refractivity contribution in [2.75, 3.05) is 0 Å². The highest BCUT2D eigenvalue weighted by Crippen LogP contribution is 2.55. The van der Waals surface area contributed by atoms with Crippen LogP contribution in [0.4, 0.5) is 0 Å². The number of esters is 1. The van der Waals surface area contributed by atoms with Crippen LogP contribution >= 0.6 is 0 Å². The minimum Gasteiger partial charge on any atom is -0.454 e. The molecule has 2 aliphatic carbocycles. The molecule has 0 unspecified atom stereocenters. The van der Waals surface area contributed by atoms with E-state index in [4.69, 9.17) is 4.74 Å².